The van der Waals surface area contributed by atoms with E-state index in [2.05, 4.69) is 34.5 Å². The van der Waals surface area contributed by atoms with Gasteiger partial charge in [0, 0.05) is 10.0 Å². The van der Waals surface area contributed by atoms with Crippen molar-refractivity contribution in [2.75, 3.05) is 0 Å². The molecule has 0 aliphatic carbocycles. The lowest BCUT2D eigenvalue weighted by Crippen LogP contribution is -2.15. The van der Waals surface area contributed by atoms with E-state index in [9.17, 15) is 0 Å². The van der Waals surface area contributed by atoms with E-state index in [4.69, 9.17) is 11.6 Å². The second-order valence-corrected chi connectivity index (χ2v) is 6.10. The SMILES string of the molecule is CC(C)(P)C(Cl)c1cccs1. The summed E-state index contributed by atoms with van der Waals surface area (Å²) in [7, 11) is 2.77. The molecular formula is C8H12ClPS. The number of hydrogen-bond donors (Lipinski definition) is 0. The fraction of sp³-hybridized carbons (Fsp3) is 0.500. The molecule has 2 unspecified atom stereocenters. The van der Waals surface area contributed by atoms with Gasteiger partial charge >= 0.3 is 0 Å². The molecule has 0 radical (unpaired) electrons. The highest BCUT2D eigenvalue weighted by atomic mass is 35.5. The van der Waals surface area contributed by atoms with Crippen molar-refractivity contribution in [1.82, 2.24) is 0 Å². The second-order valence-electron chi connectivity index (χ2n) is 3.20. The summed E-state index contributed by atoms with van der Waals surface area (Å²) in [6.07, 6.45) is 0. The second kappa shape index (κ2) is 3.43. The van der Waals surface area contributed by atoms with E-state index in [1.54, 1.807) is 11.3 Å². The van der Waals surface area contributed by atoms with E-state index in [0.29, 0.717) is 0 Å². The molecule has 0 aliphatic rings. The molecular weight excluding hydrogens is 195 g/mol. The molecule has 0 saturated carbocycles. The molecule has 3 heteroatoms. The molecule has 0 aromatic carbocycles. The van der Waals surface area contributed by atoms with Crippen LogP contribution in [0.5, 0.6) is 0 Å². The van der Waals surface area contributed by atoms with Crippen molar-refractivity contribution in [3.8, 4) is 0 Å². The summed E-state index contributed by atoms with van der Waals surface area (Å²) in [5, 5.41) is 2.24. The van der Waals surface area contributed by atoms with Crippen LogP contribution in [0.2, 0.25) is 0 Å². The van der Waals surface area contributed by atoms with Crippen LogP contribution < -0.4 is 0 Å². The molecule has 0 spiro atoms. The first-order valence-electron chi connectivity index (χ1n) is 3.48. The molecule has 11 heavy (non-hydrogen) atoms. The average Bonchev–Trinajstić information content (AvgIpc) is 2.34. The predicted molar refractivity (Wildman–Crippen MR) is 56.7 cm³/mol. The minimum atomic E-state index is 0.0758. The van der Waals surface area contributed by atoms with Crippen molar-refractivity contribution < 1.29 is 0 Å². The summed E-state index contributed by atoms with van der Waals surface area (Å²) in [5.74, 6) is 0. The Balaban J connectivity index is 2.78. The van der Waals surface area contributed by atoms with Gasteiger partial charge in [-0.25, -0.2) is 0 Å². The summed E-state index contributed by atoms with van der Waals surface area (Å²) in [5.41, 5.74) is 0. The lowest BCUT2D eigenvalue weighted by atomic mass is 10.1. The van der Waals surface area contributed by atoms with Crippen LogP contribution >= 0.6 is 32.2 Å². The highest BCUT2D eigenvalue weighted by Crippen LogP contribution is 2.40. The molecule has 0 bridgehead atoms. The highest BCUT2D eigenvalue weighted by Gasteiger charge is 2.24. The van der Waals surface area contributed by atoms with E-state index >= 15 is 0 Å². The number of thiophene rings is 1. The molecule has 1 rings (SSSR count). The topological polar surface area (TPSA) is 0 Å². The molecule has 0 fully saturated rings. The van der Waals surface area contributed by atoms with Crippen LogP contribution in [0.1, 0.15) is 24.1 Å². The normalized spacial score (nSPS) is 14.9. The van der Waals surface area contributed by atoms with E-state index in [0.717, 1.165) is 0 Å². The van der Waals surface area contributed by atoms with Gasteiger partial charge in [0.2, 0.25) is 0 Å². The minimum absolute atomic E-state index is 0.0758. The monoisotopic (exact) mass is 206 g/mol. The number of rotatable bonds is 2. The molecule has 0 amide bonds. The molecule has 1 aromatic rings. The molecule has 2 atom stereocenters. The first-order chi connectivity index (χ1) is 5.02. The van der Waals surface area contributed by atoms with Crippen LogP contribution in [0.25, 0.3) is 0 Å². The van der Waals surface area contributed by atoms with Gasteiger partial charge in [0.1, 0.15) is 0 Å². The molecule has 0 aliphatic heterocycles. The van der Waals surface area contributed by atoms with Gasteiger partial charge in [-0.1, -0.05) is 19.9 Å². The summed E-state index contributed by atoms with van der Waals surface area (Å²) < 4.78 is 0. The smallest absolute Gasteiger partial charge is 0.0763 e. The summed E-state index contributed by atoms with van der Waals surface area (Å²) in [6.45, 7) is 4.24. The zero-order valence-corrected chi connectivity index (χ0v) is 9.40. The zero-order chi connectivity index (χ0) is 8.48. The van der Waals surface area contributed by atoms with Crippen molar-refractivity contribution in [1.29, 1.82) is 0 Å². The Morgan fingerprint density at radius 2 is 2.27 bits per heavy atom. The van der Waals surface area contributed by atoms with Crippen LogP contribution in [0.4, 0.5) is 0 Å². The number of hydrogen-bond acceptors (Lipinski definition) is 1. The van der Waals surface area contributed by atoms with Crippen molar-refractivity contribution in [2.45, 2.75) is 24.4 Å². The van der Waals surface area contributed by atoms with Crippen LogP contribution in [0.15, 0.2) is 17.5 Å². The molecule has 62 valence electrons. The van der Waals surface area contributed by atoms with Crippen LogP contribution in [0, 0.1) is 0 Å². The van der Waals surface area contributed by atoms with E-state index in [-0.39, 0.29) is 10.5 Å². The van der Waals surface area contributed by atoms with Crippen molar-refractivity contribution in [2.24, 2.45) is 0 Å². The Hall–Kier alpha value is 0.420. The minimum Gasteiger partial charge on any atom is -0.147 e. The fourth-order valence-corrected chi connectivity index (χ4v) is 2.22. The molecule has 0 nitrogen and oxygen atoms in total. The van der Waals surface area contributed by atoms with Gasteiger partial charge < -0.3 is 0 Å². The standard InChI is InChI=1S/C8H12ClPS/c1-8(2,10)7(9)6-4-3-5-11-6/h3-5,7H,10H2,1-2H3. The van der Waals surface area contributed by atoms with Crippen molar-refractivity contribution in [3.05, 3.63) is 22.4 Å². The van der Waals surface area contributed by atoms with Gasteiger partial charge in [0.05, 0.1) is 5.38 Å². The van der Waals surface area contributed by atoms with Gasteiger partial charge in [0.15, 0.2) is 0 Å². The van der Waals surface area contributed by atoms with Crippen LogP contribution in [0.3, 0.4) is 0 Å². The summed E-state index contributed by atoms with van der Waals surface area (Å²) in [4.78, 5) is 1.24. The third kappa shape index (κ3) is 2.43. The van der Waals surface area contributed by atoms with Gasteiger partial charge in [-0.3, -0.25) is 0 Å². The Kier molecular flexibility index (Phi) is 2.96. The van der Waals surface area contributed by atoms with Crippen molar-refractivity contribution in [3.63, 3.8) is 0 Å². The summed E-state index contributed by atoms with van der Waals surface area (Å²) in [6, 6.07) is 4.11. The lowest BCUT2D eigenvalue weighted by Gasteiger charge is -2.23. The lowest BCUT2D eigenvalue weighted by molar-refractivity contribution is 0.691. The average molecular weight is 207 g/mol. The first-order valence-corrected chi connectivity index (χ1v) is 5.37. The van der Waals surface area contributed by atoms with Crippen LogP contribution in [-0.4, -0.2) is 5.16 Å². The maximum absolute atomic E-state index is 6.21. The summed E-state index contributed by atoms with van der Waals surface area (Å²) >= 11 is 7.93. The number of halogens is 1. The van der Waals surface area contributed by atoms with Gasteiger partial charge in [0.25, 0.3) is 0 Å². The fourth-order valence-electron chi connectivity index (χ4n) is 0.802. The molecule has 1 aromatic heterocycles. The Bertz CT molecular complexity index is 212. The van der Waals surface area contributed by atoms with Crippen LogP contribution in [-0.2, 0) is 0 Å². The number of alkyl halides is 1. The third-order valence-electron chi connectivity index (χ3n) is 1.45. The Labute approximate surface area is 79.2 Å². The maximum atomic E-state index is 6.21. The molecule has 0 saturated heterocycles. The quantitative estimate of drug-likeness (QED) is 0.512. The highest BCUT2D eigenvalue weighted by molar-refractivity contribution is 7.19. The van der Waals surface area contributed by atoms with E-state index in [1.165, 1.54) is 4.88 Å². The predicted octanol–water partition coefficient (Wildman–Crippen LogP) is 3.68. The van der Waals surface area contributed by atoms with E-state index < -0.39 is 0 Å². The largest absolute Gasteiger partial charge is 0.147 e. The Morgan fingerprint density at radius 3 is 2.64 bits per heavy atom. The van der Waals surface area contributed by atoms with Crippen molar-refractivity contribution >= 4 is 32.2 Å². The molecule has 1 heterocycles. The zero-order valence-electron chi connectivity index (χ0n) is 6.67. The van der Waals surface area contributed by atoms with E-state index in [1.807, 2.05) is 6.07 Å². The van der Waals surface area contributed by atoms with Gasteiger partial charge in [-0.2, -0.15) is 0 Å². The third-order valence-corrected chi connectivity index (χ3v) is 3.85. The molecule has 0 N–H and O–H groups in total. The first kappa shape index (κ1) is 9.51. The maximum Gasteiger partial charge on any atom is 0.0763 e. The Morgan fingerprint density at radius 1 is 1.64 bits per heavy atom. The van der Waals surface area contributed by atoms with Gasteiger partial charge in [-0.15, -0.1) is 32.2 Å². The van der Waals surface area contributed by atoms with Gasteiger partial charge in [-0.05, 0) is 11.4 Å².